The summed E-state index contributed by atoms with van der Waals surface area (Å²) in [4.78, 5) is 28.4. The Bertz CT molecular complexity index is 1060. The van der Waals surface area contributed by atoms with Crippen molar-refractivity contribution in [3.63, 3.8) is 0 Å². The highest BCUT2D eigenvalue weighted by atomic mass is 79.9. The molecule has 0 aliphatic carbocycles. The van der Waals surface area contributed by atoms with Gasteiger partial charge in [0.2, 0.25) is 0 Å². The number of amides is 2. The molecule has 0 radical (unpaired) electrons. The highest BCUT2D eigenvalue weighted by Crippen LogP contribution is 2.28. The number of halogens is 1. The Labute approximate surface area is 164 Å². The number of pyridine rings is 1. The number of carbonyl (C=O) groups excluding carboxylic acids is 2. The fraction of sp³-hybridized carbons (Fsp3) is 0. The molecular formula is C21H14BrN3O2. The van der Waals surface area contributed by atoms with E-state index in [-0.39, 0.29) is 5.91 Å². The van der Waals surface area contributed by atoms with Crippen LogP contribution in [0.1, 0.15) is 15.9 Å². The first-order valence-electron chi connectivity index (χ1n) is 8.24. The van der Waals surface area contributed by atoms with Crippen molar-refractivity contribution in [2.75, 3.05) is 5.32 Å². The summed E-state index contributed by atoms with van der Waals surface area (Å²) in [6.07, 6.45) is 5.16. The lowest BCUT2D eigenvalue weighted by atomic mass is 9.95. The summed E-state index contributed by atoms with van der Waals surface area (Å²) < 4.78 is 0.801. The second-order valence-corrected chi connectivity index (χ2v) is 6.91. The average Bonchev–Trinajstić information content (AvgIpc) is 2.68. The maximum absolute atomic E-state index is 12.3. The third-order valence-corrected chi connectivity index (χ3v) is 4.74. The van der Waals surface area contributed by atoms with E-state index in [9.17, 15) is 9.59 Å². The van der Waals surface area contributed by atoms with E-state index in [0.717, 1.165) is 21.3 Å². The standard InChI is InChI=1S/C21H14BrN3O2/c22-15-5-8-17-18(10-15)19(21(27)25-20(17)26)12-24-16-6-3-13(4-7-16)14-2-1-9-23-11-14/h1-12,24H,(H,25,26,27). The zero-order chi connectivity index (χ0) is 18.8. The molecule has 0 saturated carbocycles. The number of benzene rings is 2. The van der Waals surface area contributed by atoms with Gasteiger partial charge in [-0.1, -0.05) is 34.1 Å². The number of rotatable bonds is 3. The Balaban J connectivity index is 1.61. The molecule has 6 heteroatoms. The lowest BCUT2D eigenvalue weighted by Gasteiger charge is -2.18. The molecule has 0 bridgehead atoms. The fourth-order valence-electron chi connectivity index (χ4n) is 2.89. The monoisotopic (exact) mass is 419 g/mol. The molecule has 3 aromatic rings. The van der Waals surface area contributed by atoms with Gasteiger partial charge in [0.15, 0.2) is 0 Å². The predicted octanol–water partition coefficient (Wildman–Crippen LogP) is 4.23. The number of anilines is 1. The Morgan fingerprint density at radius 3 is 2.48 bits per heavy atom. The third kappa shape index (κ3) is 3.52. The van der Waals surface area contributed by atoms with E-state index >= 15 is 0 Å². The van der Waals surface area contributed by atoms with Crippen molar-refractivity contribution in [3.8, 4) is 11.1 Å². The molecule has 2 amide bonds. The van der Waals surface area contributed by atoms with E-state index in [1.165, 1.54) is 0 Å². The van der Waals surface area contributed by atoms with Crippen LogP contribution in [-0.4, -0.2) is 16.8 Å². The van der Waals surface area contributed by atoms with Gasteiger partial charge in [0, 0.05) is 39.9 Å². The van der Waals surface area contributed by atoms with Crippen LogP contribution in [0.5, 0.6) is 0 Å². The normalized spacial score (nSPS) is 14.6. The van der Waals surface area contributed by atoms with Crippen LogP contribution < -0.4 is 10.6 Å². The first-order valence-corrected chi connectivity index (χ1v) is 9.04. The van der Waals surface area contributed by atoms with Crippen molar-refractivity contribution in [2.45, 2.75) is 0 Å². The Hall–Kier alpha value is -3.25. The predicted molar refractivity (Wildman–Crippen MR) is 108 cm³/mol. The number of carbonyl (C=O) groups is 2. The molecule has 4 rings (SSSR count). The van der Waals surface area contributed by atoms with Gasteiger partial charge in [-0.3, -0.25) is 19.9 Å². The lowest BCUT2D eigenvalue weighted by Crippen LogP contribution is -2.36. The van der Waals surface area contributed by atoms with Crippen molar-refractivity contribution < 1.29 is 9.59 Å². The van der Waals surface area contributed by atoms with Gasteiger partial charge in [-0.15, -0.1) is 0 Å². The Kier molecular flexibility index (Phi) is 4.56. The summed E-state index contributed by atoms with van der Waals surface area (Å²) in [6.45, 7) is 0. The largest absolute Gasteiger partial charge is 0.361 e. The summed E-state index contributed by atoms with van der Waals surface area (Å²) in [5.74, 6) is -0.814. The van der Waals surface area contributed by atoms with Crippen molar-refractivity contribution in [1.29, 1.82) is 0 Å². The van der Waals surface area contributed by atoms with Crippen molar-refractivity contribution >= 4 is 39.0 Å². The van der Waals surface area contributed by atoms with E-state index in [1.54, 1.807) is 30.6 Å². The molecular weight excluding hydrogens is 406 g/mol. The van der Waals surface area contributed by atoms with Gasteiger partial charge in [-0.25, -0.2) is 0 Å². The fourth-order valence-corrected chi connectivity index (χ4v) is 3.25. The number of nitrogens with zero attached hydrogens (tertiary/aromatic N) is 1. The van der Waals surface area contributed by atoms with Crippen LogP contribution in [0.25, 0.3) is 16.7 Å². The van der Waals surface area contributed by atoms with Gasteiger partial charge >= 0.3 is 0 Å². The summed E-state index contributed by atoms with van der Waals surface area (Å²) in [5.41, 5.74) is 4.39. The molecule has 1 aliphatic rings. The van der Waals surface area contributed by atoms with Gasteiger partial charge in [-0.2, -0.15) is 0 Å². The Morgan fingerprint density at radius 1 is 0.926 bits per heavy atom. The van der Waals surface area contributed by atoms with Crippen LogP contribution in [-0.2, 0) is 4.79 Å². The van der Waals surface area contributed by atoms with Gasteiger partial charge < -0.3 is 5.32 Å². The zero-order valence-corrected chi connectivity index (χ0v) is 15.7. The van der Waals surface area contributed by atoms with Gasteiger partial charge in [0.25, 0.3) is 11.8 Å². The van der Waals surface area contributed by atoms with Crippen molar-refractivity contribution in [3.05, 3.63) is 88.8 Å². The van der Waals surface area contributed by atoms with Crippen LogP contribution >= 0.6 is 15.9 Å². The van der Waals surface area contributed by atoms with Gasteiger partial charge in [-0.05, 0) is 47.5 Å². The first kappa shape index (κ1) is 17.2. The molecule has 132 valence electrons. The van der Waals surface area contributed by atoms with E-state index in [1.807, 2.05) is 42.6 Å². The van der Waals surface area contributed by atoms with Crippen LogP contribution in [0, 0.1) is 0 Å². The number of fused-ring (bicyclic) bond motifs is 1. The molecule has 2 aromatic carbocycles. The van der Waals surface area contributed by atoms with Gasteiger partial charge in [0.1, 0.15) is 0 Å². The average molecular weight is 420 g/mol. The van der Waals surface area contributed by atoms with E-state index in [4.69, 9.17) is 0 Å². The molecule has 2 heterocycles. The minimum Gasteiger partial charge on any atom is -0.361 e. The quantitative estimate of drug-likeness (QED) is 0.492. The molecule has 0 fully saturated rings. The Morgan fingerprint density at radius 2 is 1.74 bits per heavy atom. The summed E-state index contributed by atoms with van der Waals surface area (Å²) >= 11 is 3.39. The minimum atomic E-state index is -0.426. The molecule has 0 saturated heterocycles. The maximum atomic E-state index is 12.3. The van der Waals surface area contributed by atoms with Crippen LogP contribution in [0.3, 0.4) is 0 Å². The number of hydrogen-bond acceptors (Lipinski definition) is 4. The smallest absolute Gasteiger partial charge is 0.260 e. The number of hydrogen-bond donors (Lipinski definition) is 2. The number of imide groups is 1. The minimum absolute atomic E-state index is 0.388. The van der Waals surface area contributed by atoms with E-state index < -0.39 is 5.91 Å². The second kappa shape index (κ2) is 7.17. The third-order valence-electron chi connectivity index (χ3n) is 4.25. The lowest BCUT2D eigenvalue weighted by molar-refractivity contribution is -0.114. The van der Waals surface area contributed by atoms with Crippen molar-refractivity contribution in [2.24, 2.45) is 0 Å². The maximum Gasteiger partial charge on any atom is 0.260 e. The summed E-state index contributed by atoms with van der Waals surface area (Å²) in [6, 6.07) is 16.9. The number of nitrogens with one attached hydrogen (secondary N) is 2. The van der Waals surface area contributed by atoms with E-state index in [0.29, 0.717) is 16.7 Å². The molecule has 0 spiro atoms. The van der Waals surface area contributed by atoms with Crippen LogP contribution in [0.15, 0.2) is 77.7 Å². The molecule has 2 N–H and O–H groups in total. The van der Waals surface area contributed by atoms with Crippen LogP contribution in [0.2, 0.25) is 0 Å². The topological polar surface area (TPSA) is 71.1 Å². The highest BCUT2D eigenvalue weighted by molar-refractivity contribution is 9.10. The first-order chi connectivity index (χ1) is 13.1. The van der Waals surface area contributed by atoms with Gasteiger partial charge in [0.05, 0.1) is 5.57 Å². The van der Waals surface area contributed by atoms with Crippen LogP contribution in [0.4, 0.5) is 5.69 Å². The summed E-state index contributed by atoms with van der Waals surface area (Å²) in [7, 11) is 0. The number of aromatic nitrogens is 1. The molecule has 1 aromatic heterocycles. The van der Waals surface area contributed by atoms with E-state index in [2.05, 4.69) is 31.5 Å². The zero-order valence-electron chi connectivity index (χ0n) is 14.1. The highest BCUT2D eigenvalue weighted by Gasteiger charge is 2.27. The second-order valence-electron chi connectivity index (χ2n) is 5.99. The molecule has 1 aliphatic heterocycles. The molecule has 5 nitrogen and oxygen atoms in total. The van der Waals surface area contributed by atoms with Crippen molar-refractivity contribution in [1.82, 2.24) is 10.3 Å². The molecule has 27 heavy (non-hydrogen) atoms. The molecule has 0 atom stereocenters. The summed E-state index contributed by atoms with van der Waals surface area (Å²) in [5, 5.41) is 5.50. The molecule has 0 unspecified atom stereocenters. The SMILES string of the molecule is O=C1NC(=O)c2ccc(Br)cc2C1=CNc1ccc(-c2cccnc2)cc1.